The van der Waals surface area contributed by atoms with E-state index in [4.69, 9.17) is 14.2 Å². The van der Waals surface area contributed by atoms with Crippen LogP contribution in [0.4, 0.5) is 0 Å². The molecule has 0 aliphatic rings. The van der Waals surface area contributed by atoms with Gasteiger partial charge in [0.05, 0.1) is 0 Å². The highest BCUT2D eigenvalue weighted by molar-refractivity contribution is 5.71. The number of allylic oxidation sites excluding steroid dienone is 16. The Bertz CT molecular complexity index is 1250. The summed E-state index contributed by atoms with van der Waals surface area (Å²) in [5.41, 5.74) is 0. The predicted molar refractivity (Wildman–Crippen MR) is 260 cm³/mol. The topological polar surface area (TPSA) is 78.9 Å². The first-order chi connectivity index (χ1) is 30.0. The monoisotopic (exact) mass is 847 g/mol. The minimum absolute atomic E-state index is 0.0954. The van der Waals surface area contributed by atoms with E-state index >= 15 is 0 Å². The highest BCUT2D eigenvalue weighted by atomic mass is 16.6. The van der Waals surface area contributed by atoms with E-state index in [1.54, 1.807) is 0 Å². The molecule has 0 aromatic carbocycles. The first-order valence-corrected chi connectivity index (χ1v) is 24.8. The molecule has 61 heavy (non-hydrogen) atoms. The van der Waals surface area contributed by atoms with Crippen molar-refractivity contribution >= 4 is 17.9 Å². The molecule has 0 aliphatic carbocycles. The van der Waals surface area contributed by atoms with Crippen LogP contribution in [0.5, 0.6) is 0 Å². The van der Waals surface area contributed by atoms with Crippen molar-refractivity contribution in [2.75, 3.05) is 13.2 Å². The van der Waals surface area contributed by atoms with Crippen molar-refractivity contribution in [2.45, 2.75) is 219 Å². The van der Waals surface area contributed by atoms with Crippen LogP contribution in [0.25, 0.3) is 0 Å². The van der Waals surface area contributed by atoms with Crippen LogP contribution >= 0.6 is 0 Å². The Morgan fingerprint density at radius 3 is 1.10 bits per heavy atom. The molecule has 0 rings (SSSR count). The van der Waals surface area contributed by atoms with Gasteiger partial charge in [0.25, 0.3) is 0 Å². The number of hydrogen-bond donors (Lipinski definition) is 0. The van der Waals surface area contributed by atoms with Crippen molar-refractivity contribution in [1.29, 1.82) is 0 Å². The molecule has 0 bridgehead atoms. The van der Waals surface area contributed by atoms with Crippen LogP contribution < -0.4 is 0 Å². The highest BCUT2D eigenvalue weighted by Crippen LogP contribution is 2.14. The van der Waals surface area contributed by atoms with Crippen molar-refractivity contribution in [2.24, 2.45) is 0 Å². The third-order valence-corrected chi connectivity index (χ3v) is 10.1. The van der Waals surface area contributed by atoms with Crippen LogP contribution in [0, 0.1) is 0 Å². The second-order valence-corrected chi connectivity index (χ2v) is 16.0. The summed E-state index contributed by atoms with van der Waals surface area (Å²) in [6.07, 6.45) is 63.9. The number of ether oxygens (including phenoxy) is 3. The number of esters is 3. The average Bonchev–Trinajstić information content (AvgIpc) is 3.26. The predicted octanol–water partition coefficient (Wildman–Crippen LogP) is 16.2. The van der Waals surface area contributed by atoms with Gasteiger partial charge in [-0.25, -0.2) is 0 Å². The van der Waals surface area contributed by atoms with Crippen LogP contribution in [-0.2, 0) is 28.6 Å². The van der Waals surface area contributed by atoms with Gasteiger partial charge in [-0.3, -0.25) is 14.4 Å². The van der Waals surface area contributed by atoms with Crippen LogP contribution in [0.15, 0.2) is 97.2 Å². The van der Waals surface area contributed by atoms with Crippen LogP contribution in [0.2, 0.25) is 0 Å². The highest BCUT2D eigenvalue weighted by Gasteiger charge is 2.19. The van der Waals surface area contributed by atoms with Gasteiger partial charge in [0, 0.05) is 19.3 Å². The molecule has 346 valence electrons. The second-order valence-electron chi connectivity index (χ2n) is 16.0. The average molecular weight is 847 g/mol. The fourth-order valence-corrected chi connectivity index (χ4v) is 6.49. The van der Waals surface area contributed by atoms with Gasteiger partial charge in [-0.05, 0) is 96.3 Å². The Kier molecular flexibility index (Phi) is 46.0. The molecule has 0 radical (unpaired) electrons. The molecule has 0 fully saturated rings. The smallest absolute Gasteiger partial charge is 0.306 e. The van der Waals surface area contributed by atoms with Gasteiger partial charge in [0.1, 0.15) is 13.2 Å². The molecule has 0 amide bonds. The molecule has 0 aromatic rings. The summed E-state index contributed by atoms with van der Waals surface area (Å²) in [6.45, 7) is 6.24. The second kappa shape index (κ2) is 49.0. The summed E-state index contributed by atoms with van der Waals surface area (Å²) in [7, 11) is 0. The molecule has 0 saturated carbocycles. The van der Waals surface area contributed by atoms with Gasteiger partial charge in [0.2, 0.25) is 0 Å². The molecular formula is C55H90O6. The molecule has 6 heteroatoms. The van der Waals surface area contributed by atoms with Gasteiger partial charge in [0.15, 0.2) is 6.10 Å². The summed E-state index contributed by atoms with van der Waals surface area (Å²) in [5, 5.41) is 0. The van der Waals surface area contributed by atoms with Gasteiger partial charge in [-0.2, -0.15) is 0 Å². The van der Waals surface area contributed by atoms with E-state index in [9.17, 15) is 14.4 Å². The molecule has 0 aromatic heterocycles. The van der Waals surface area contributed by atoms with Gasteiger partial charge < -0.3 is 14.2 Å². The minimum atomic E-state index is -0.795. The molecule has 0 spiro atoms. The lowest BCUT2D eigenvalue weighted by molar-refractivity contribution is -0.167. The Hall–Kier alpha value is -3.67. The lowest BCUT2D eigenvalue weighted by Crippen LogP contribution is -2.30. The van der Waals surface area contributed by atoms with E-state index < -0.39 is 6.10 Å². The molecule has 1 unspecified atom stereocenters. The van der Waals surface area contributed by atoms with E-state index in [2.05, 4.69) is 118 Å². The molecule has 6 nitrogen and oxygen atoms in total. The van der Waals surface area contributed by atoms with Crippen molar-refractivity contribution in [3.63, 3.8) is 0 Å². The van der Waals surface area contributed by atoms with Crippen LogP contribution in [0.3, 0.4) is 0 Å². The zero-order valence-corrected chi connectivity index (χ0v) is 39.4. The fourth-order valence-electron chi connectivity index (χ4n) is 6.49. The molecule has 0 saturated heterocycles. The lowest BCUT2D eigenvalue weighted by Gasteiger charge is -2.18. The van der Waals surface area contributed by atoms with Crippen LogP contribution in [-0.4, -0.2) is 37.2 Å². The van der Waals surface area contributed by atoms with E-state index in [0.717, 1.165) is 135 Å². The Morgan fingerprint density at radius 1 is 0.344 bits per heavy atom. The summed E-state index contributed by atoms with van der Waals surface area (Å²) in [4.78, 5) is 37.9. The van der Waals surface area contributed by atoms with Crippen molar-refractivity contribution in [1.82, 2.24) is 0 Å². The first kappa shape index (κ1) is 57.3. The van der Waals surface area contributed by atoms with Gasteiger partial charge in [-0.15, -0.1) is 0 Å². The fraction of sp³-hybridized carbons (Fsp3) is 0.655. The third-order valence-electron chi connectivity index (χ3n) is 10.1. The number of rotatable bonds is 43. The maximum atomic E-state index is 12.8. The summed E-state index contributed by atoms with van der Waals surface area (Å²) >= 11 is 0. The quantitative estimate of drug-likeness (QED) is 0.0200. The summed E-state index contributed by atoms with van der Waals surface area (Å²) in [5.74, 6) is -0.940. The SMILES string of the molecule is CC\C=C/C=C\C=C/CCCCCCCCCC(=O)OC(COC(=O)CCCCCCC/C=C\C/C=C\CC)COC(=O)CCCCCCCC/C=C\C/C=C\C/C=C\CC. The Morgan fingerprint density at radius 2 is 0.672 bits per heavy atom. The van der Waals surface area contributed by atoms with Gasteiger partial charge in [-0.1, -0.05) is 195 Å². The molecular weight excluding hydrogens is 757 g/mol. The third kappa shape index (κ3) is 47.2. The van der Waals surface area contributed by atoms with E-state index in [0.29, 0.717) is 19.3 Å². The molecule has 0 aliphatic heterocycles. The number of carbonyl (C=O) groups excluding carboxylic acids is 3. The van der Waals surface area contributed by atoms with Crippen LogP contribution in [0.1, 0.15) is 213 Å². The van der Waals surface area contributed by atoms with E-state index in [-0.39, 0.29) is 31.1 Å². The molecule has 0 heterocycles. The Labute approximate surface area is 375 Å². The zero-order chi connectivity index (χ0) is 44.4. The standard InChI is InChI=1S/C55H90O6/c1-4-7-10-13-16-19-22-25-27-29-30-33-36-39-42-45-48-54(57)60-51-52(50-59-53(56)47-44-41-38-35-32-24-21-18-15-12-9-6-3)61-55(58)49-46-43-40-37-34-31-28-26-23-20-17-14-11-8-5-2/h7-12,14,16-21,23,25,27,52H,4-6,13,15,22,24,26,28-51H2,1-3H3/b10-7-,11-8-,12-9-,17-14-,19-16-,21-18-,23-20-,27-25-. The number of carbonyl (C=O) groups is 3. The maximum Gasteiger partial charge on any atom is 0.306 e. The largest absolute Gasteiger partial charge is 0.462 e. The molecule has 0 N–H and O–H groups in total. The van der Waals surface area contributed by atoms with Gasteiger partial charge >= 0.3 is 17.9 Å². The first-order valence-electron chi connectivity index (χ1n) is 24.8. The maximum absolute atomic E-state index is 12.8. The van der Waals surface area contributed by atoms with E-state index in [1.807, 2.05) is 0 Å². The Balaban J connectivity index is 4.44. The van der Waals surface area contributed by atoms with Crippen molar-refractivity contribution in [3.05, 3.63) is 97.2 Å². The summed E-state index contributed by atoms with van der Waals surface area (Å²) in [6, 6.07) is 0. The lowest BCUT2D eigenvalue weighted by atomic mass is 10.1. The minimum Gasteiger partial charge on any atom is -0.462 e. The van der Waals surface area contributed by atoms with E-state index in [1.165, 1.54) is 38.5 Å². The number of hydrogen-bond acceptors (Lipinski definition) is 6. The van der Waals surface area contributed by atoms with Crippen molar-refractivity contribution in [3.8, 4) is 0 Å². The van der Waals surface area contributed by atoms with Crippen molar-refractivity contribution < 1.29 is 28.6 Å². The molecule has 1 atom stereocenters. The summed E-state index contributed by atoms with van der Waals surface area (Å²) < 4.78 is 16.7. The normalized spacial score (nSPS) is 12.9. The zero-order valence-electron chi connectivity index (χ0n) is 39.4. The number of unbranched alkanes of at least 4 members (excludes halogenated alkanes) is 18.